The average Bonchev–Trinajstić information content (AvgIpc) is 1.59. The zero-order chi connectivity index (χ0) is 9.71. The number of nitrogens with one attached hydrogen (secondary N) is 1. The smallest absolute Gasteiger partial charge is 0.00935 e. The zero-order valence-corrected chi connectivity index (χ0v) is 9.08. The summed E-state index contributed by atoms with van der Waals surface area (Å²) in [4.78, 5) is 0. The molecule has 0 aromatic heterocycles. The summed E-state index contributed by atoms with van der Waals surface area (Å²) in [6, 6.07) is 0. The van der Waals surface area contributed by atoms with Crippen molar-refractivity contribution in [3.63, 3.8) is 0 Å². The van der Waals surface area contributed by atoms with Crippen LogP contribution in [0.3, 0.4) is 0 Å². The van der Waals surface area contributed by atoms with Gasteiger partial charge in [0.15, 0.2) is 0 Å². The predicted molar refractivity (Wildman–Crippen MR) is 52.8 cm³/mol. The maximum atomic E-state index is 5.35. The fraction of sp³-hybridized carbons (Fsp3) is 1.00. The number of hydrogen-bond acceptors (Lipinski definition) is 2. The topological polar surface area (TPSA) is 38.0 Å². The van der Waals surface area contributed by atoms with E-state index in [1.54, 1.807) is 0 Å². The molecule has 0 atom stereocenters. The van der Waals surface area contributed by atoms with Crippen molar-refractivity contribution in [1.82, 2.24) is 5.32 Å². The Morgan fingerprint density at radius 3 is 1.00 bits per heavy atom. The van der Waals surface area contributed by atoms with E-state index in [0.29, 0.717) is 5.54 Å². The van der Waals surface area contributed by atoms with Crippen molar-refractivity contribution in [2.75, 3.05) is 7.05 Å². The maximum absolute atomic E-state index is 5.35. The second-order valence-electron chi connectivity index (χ2n) is 4.87. The van der Waals surface area contributed by atoms with Crippen molar-refractivity contribution in [3.05, 3.63) is 0 Å². The van der Waals surface area contributed by atoms with Crippen LogP contribution in [-0.4, -0.2) is 18.1 Å². The van der Waals surface area contributed by atoms with Gasteiger partial charge in [-0.15, -0.1) is 0 Å². The van der Waals surface area contributed by atoms with Gasteiger partial charge in [0.05, 0.1) is 0 Å². The molecule has 0 spiro atoms. The zero-order valence-electron chi connectivity index (χ0n) is 9.08. The van der Waals surface area contributed by atoms with Crippen LogP contribution in [0, 0.1) is 0 Å². The highest BCUT2D eigenvalue weighted by Gasteiger charge is 2.01. The second-order valence-corrected chi connectivity index (χ2v) is 4.87. The summed E-state index contributed by atoms with van der Waals surface area (Å²) in [6.45, 7) is 12.3. The molecule has 0 bridgehead atoms. The Morgan fingerprint density at radius 2 is 1.00 bits per heavy atom. The highest BCUT2D eigenvalue weighted by molar-refractivity contribution is 4.65. The Labute approximate surface area is 71.6 Å². The number of rotatable bonds is 0. The molecule has 0 unspecified atom stereocenters. The largest absolute Gasteiger partial charge is 0.326 e. The van der Waals surface area contributed by atoms with Crippen LogP contribution < -0.4 is 11.1 Å². The third-order valence-corrected chi connectivity index (χ3v) is 0.750. The molecular weight excluding hydrogens is 136 g/mol. The molecule has 0 fully saturated rings. The van der Waals surface area contributed by atoms with Crippen LogP contribution in [-0.2, 0) is 0 Å². The minimum absolute atomic E-state index is 0. The first-order valence-electron chi connectivity index (χ1n) is 4.04. The van der Waals surface area contributed by atoms with E-state index in [1.165, 1.54) is 0 Å². The van der Waals surface area contributed by atoms with Gasteiger partial charge in [-0.1, -0.05) is 0 Å². The third-order valence-electron chi connectivity index (χ3n) is 0.750. The van der Waals surface area contributed by atoms with Crippen molar-refractivity contribution in [2.45, 2.75) is 52.6 Å². The van der Waals surface area contributed by atoms with Crippen LogP contribution >= 0.6 is 0 Å². The number of hydrogen-bond donors (Lipinski definition) is 2. The normalized spacial score (nSPS) is 12.0. The Morgan fingerprint density at radius 1 is 0.909 bits per heavy atom. The highest BCUT2D eigenvalue weighted by Crippen LogP contribution is 1.93. The van der Waals surface area contributed by atoms with Gasteiger partial charge >= 0.3 is 0 Å². The maximum Gasteiger partial charge on any atom is 0.00935 e. The van der Waals surface area contributed by atoms with Crippen molar-refractivity contribution in [1.29, 1.82) is 0 Å². The summed E-state index contributed by atoms with van der Waals surface area (Å²) in [5.41, 5.74) is 5.65. The standard InChI is InChI=1S/C5H13N.C4H11N/c1-5(2,3)6-4;1-4(2,3)5/h6H,1-4H3;5H2,1-3H3. The van der Waals surface area contributed by atoms with Gasteiger partial charge in [-0.05, 0) is 48.6 Å². The Balaban J connectivity index is 0. The summed E-state index contributed by atoms with van der Waals surface area (Å²) < 4.78 is 0. The van der Waals surface area contributed by atoms with E-state index in [4.69, 9.17) is 5.73 Å². The van der Waals surface area contributed by atoms with E-state index in [-0.39, 0.29) is 5.54 Å². The molecule has 0 aromatic carbocycles. The Kier molecular flexibility index (Phi) is 5.81. The van der Waals surface area contributed by atoms with E-state index >= 15 is 0 Å². The summed E-state index contributed by atoms with van der Waals surface area (Å²) in [5.74, 6) is 0. The molecule has 2 heteroatoms. The van der Waals surface area contributed by atoms with Gasteiger partial charge in [-0.3, -0.25) is 0 Å². The molecule has 0 saturated heterocycles. The van der Waals surface area contributed by atoms with Gasteiger partial charge in [0, 0.05) is 11.1 Å². The quantitative estimate of drug-likeness (QED) is 0.566. The lowest BCUT2D eigenvalue weighted by Crippen LogP contribution is -2.31. The van der Waals surface area contributed by atoms with Gasteiger partial charge in [-0.25, -0.2) is 0 Å². The SMILES string of the molecule is CC(C)(C)N.CNC(C)(C)C. The van der Waals surface area contributed by atoms with E-state index in [1.807, 2.05) is 27.8 Å². The van der Waals surface area contributed by atoms with Crippen LogP contribution in [0.2, 0.25) is 0 Å². The molecule has 3 N–H and O–H groups in total. The van der Waals surface area contributed by atoms with E-state index in [9.17, 15) is 0 Å². The summed E-state index contributed by atoms with van der Waals surface area (Å²) >= 11 is 0. The van der Waals surface area contributed by atoms with Gasteiger partial charge < -0.3 is 11.1 Å². The monoisotopic (exact) mass is 160 g/mol. The minimum Gasteiger partial charge on any atom is -0.326 e. The first-order chi connectivity index (χ1) is 4.56. The molecule has 0 amide bonds. The molecule has 0 rings (SSSR count). The average molecular weight is 160 g/mol. The van der Waals surface area contributed by atoms with E-state index in [2.05, 4.69) is 26.1 Å². The third kappa shape index (κ3) is 73.0. The van der Waals surface area contributed by atoms with Crippen LogP contribution in [0.4, 0.5) is 0 Å². The first-order valence-corrected chi connectivity index (χ1v) is 4.04. The van der Waals surface area contributed by atoms with E-state index < -0.39 is 0 Å². The molecule has 0 aliphatic rings. The van der Waals surface area contributed by atoms with Crippen molar-refractivity contribution >= 4 is 0 Å². The fourth-order valence-electron chi connectivity index (χ4n) is 0. The Bertz CT molecular complexity index is 78.7. The molecule has 0 aliphatic carbocycles. The summed E-state index contributed by atoms with van der Waals surface area (Å²) in [6.07, 6.45) is 0. The predicted octanol–water partition coefficient (Wildman–Crippen LogP) is 1.75. The molecule has 2 nitrogen and oxygen atoms in total. The molecule has 0 aliphatic heterocycles. The molecule has 70 valence electrons. The fourth-order valence-corrected chi connectivity index (χ4v) is 0. The van der Waals surface area contributed by atoms with Crippen LogP contribution in [0.5, 0.6) is 0 Å². The summed E-state index contributed by atoms with van der Waals surface area (Å²) in [7, 11) is 1.96. The van der Waals surface area contributed by atoms with Crippen LogP contribution in [0.15, 0.2) is 0 Å². The molecule has 11 heavy (non-hydrogen) atoms. The lowest BCUT2D eigenvalue weighted by molar-refractivity contribution is 0.469. The Hall–Kier alpha value is -0.0800. The van der Waals surface area contributed by atoms with Crippen molar-refractivity contribution in [2.24, 2.45) is 5.73 Å². The van der Waals surface area contributed by atoms with Gasteiger partial charge in [-0.2, -0.15) is 0 Å². The summed E-state index contributed by atoms with van der Waals surface area (Å²) in [5, 5.41) is 3.10. The number of nitrogens with two attached hydrogens (primary N) is 1. The molecule has 0 radical (unpaired) electrons. The first kappa shape index (κ1) is 13.5. The van der Waals surface area contributed by atoms with E-state index in [0.717, 1.165) is 0 Å². The molecular formula is C9H24N2. The molecule has 0 saturated carbocycles. The van der Waals surface area contributed by atoms with Crippen molar-refractivity contribution in [3.8, 4) is 0 Å². The van der Waals surface area contributed by atoms with Crippen LogP contribution in [0.1, 0.15) is 41.5 Å². The highest BCUT2D eigenvalue weighted by atomic mass is 14.9. The van der Waals surface area contributed by atoms with Crippen LogP contribution in [0.25, 0.3) is 0 Å². The van der Waals surface area contributed by atoms with Gasteiger partial charge in [0.25, 0.3) is 0 Å². The second kappa shape index (κ2) is 4.73. The minimum atomic E-state index is 0. The van der Waals surface area contributed by atoms with Crippen molar-refractivity contribution < 1.29 is 0 Å². The van der Waals surface area contributed by atoms with Gasteiger partial charge in [0.2, 0.25) is 0 Å². The lowest BCUT2D eigenvalue weighted by atomic mass is 10.1. The molecule has 0 aromatic rings. The van der Waals surface area contributed by atoms with Gasteiger partial charge in [0.1, 0.15) is 0 Å². The molecule has 0 heterocycles. The lowest BCUT2D eigenvalue weighted by Gasteiger charge is -2.15.